The quantitative estimate of drug-likeness (QED) is 0.673. The Morgan fingerprint density at radius 3 is 2.91 bits per heavy atom. The van der Waals surface area contributed by atoms with E-state index in [4.69, 9.17) is 21.3 Å². The van der Waals surface area contributed by atoms with E-state index in [9.17, 15) is 0 Å². The first kappa shape index (κ1) is 13.6. The number of aromatic nitrogens is 3. The van der Waals surface area contributed by atoms with E-state index in [1.54, 1.807) is 11.6 Å². The van der Waals surface area contributed by atoms with Crippen molar-refractivity contribution >= 4 is 17.2 Å². The Morgan fingerprint density at radius 1 is 1.18 bits per heavy atom. The maximum absolute atomic E-state index is 6.55. The van der Waals surface area contributed by atoms with Gasteiger partial charge >= 0.3 is 0 Å². The van der Waals surface area contributed by atoms with Crippen LogP contribution in [0.5, 0.6) is 5.75 Å². The number of rotatable bonds is 2. The largest absolute Gasteiger partial charge is 0.497 e. The molecule has 0 unspecified atom stereocenters. The average Bonchev–Trinajstić information content (AvgIpc) is 2.99. The van der Waals surface area contributed by atoms with Gasteiger partial charge in [-0.1, -0.05) is 23.7 Å². The number of methoxy groups -OCH3 is 1. The highest BCUT2D eigenvalue weighted by molar-refractivity contribution is 6.30. The van der Waals surface area contributed by atoms with Crippen molar-refractivity contribution in [2.24, 2.45) is 0 Å². The summed E-state index contributed by atoms with van der Waals surface area (Å²) in [5.41, 5.74) is 4.94. The van der Waals surface area contributed by atoms with E-state index in [1.807, 2.05) is 30.3 Å². The van der Waals surface area contributed by atoms with E-state index in [1.165, 1.54) is 12.8 Å². The Balaban J connectivity index is 1.88. The molecular formula is C17H16ClN3O. The Morgan fingerprint density at radius 2 is 2.05 bits per heavy atom. The van der Waals surface area contributed by atoms with Crippen molar-refractivity contribution in [3.05, 3.63) is 46.7 Å². The number of hydrogen-bond acceptors (Lipinski definition) is 3. The standard InChI is InChI=1S/C17H16ClN3O/c1-22-12-6-4-5-11(9-12)15-10-16-19-14-8-3-2-7-13(14)17(18)21(16)20-15/h4-6,9-10H,2-3,7-8H2,1H3. The number of hydrogen-bond donors (Lipinski definition) is 0. The normalized spacial score (nSPS) is 14.1. The van der Waals surface area contributed by atoms with Crippen LogP contribution >= 0.6 is 11.6 Å². The monoisotopic (exact) mass is 313 g/mol. The molecule has 0 radical (unpaired) electrons. The van der Waals surface area contributed by atoms with Crippen LogP contribution in [0.25, 0.3) is 16.9 Å². The summed E-state index contributed by atoms with van der Waals surface area (Å²) in [5, 5.41) is 5.34. The van der Waals surface area contributed by atoms with Crippen LogP contribution < -0.4 is 4.74 Å². The SMILES string of the molecule is COc1cccc(-c2cc3nc4c(c(Cl)n3n2)CCCC4)c1. The number of ether oxygens (including phenoxy) is 1. The van der Waals surface area contributed by atoms with Gasteiger partial charge in [0.25, 0.3) is 0 Å². The summed E-state index contributed by atoms with van der Waals surface area (Å²) < 4.78 is 7.03. The van der Waals surface area contributed by atoms with E-state index < -0.39 is 0 Å². The molecule has 4 rings (SSSR count). The summed E-state index contributed by atoms with van der Waals surface area (Å²) in [4.78, 5) is 4.75. The third-order valence-corrected chi connectivity index (χ3v) is 4.57. The molecule has 2 heterocycles. The molecule has 22 heavy (non-hydrogen) atoms. The first-order valence-electron chi connectivity index (χ1n) is 7.48. The Hall–Kier alpha value is -2.07. The number of aryl methyl sites for hydroxylation is 1. The summed E-state index contributed by atoms with van der Waals surface area (Å²) >= 11 is 6.55. The second kappa shape index (κ2) is 5.29. The Labute approximate surface area is 133 Å². The summed E-state index contributed by atoms with van der Waals surface area (Å²) in [5.74, 6) is 0.813. The number of fused-ring (bicyclic) bond motifs is 2. The highest BCUT2D eigenvalue weighted by Crippen LogP contribution is 2.30. The molecule has 5 heteroatoms. The van der Waals surface area contributed by atoms with Crippen molar-refractivity contribution in [1.82, 2.24) is 14.6 Å². The molecule has 0 N–H and O–H groups in total. The molecule has 0 saturated carbocycles. The fourth-order valence-corrected chi connectivity index (χ4v) is 3.35. The zero-order chi connectivity index (χ0) is 15.1. The predicted octanol–water partition coefficient (Wildman–Crippen LogP) is 3.94. The van der Waals surface area contributed by atoms with Crippen molar-refractivity contribution in [2.75, 3.05) is 7.11 Å². The van der Waals surface area contributed by atoms with Gasteiger partial charge in [-0.3, -0.25) is 0 Å². The summed E-state index contributed by atoms with van der Waals surface area (Å²) in [7, 11) is 1.66. The van der Waals surface area contributed by atoms with Crippen molar-refractivity contribution in [2.45, 2.75) is 25.7 Å². The van der Waals surface area contributed by atoms with E-state index in [2.05, 4.69) is 5.10 Å². The molecular weight excluding hydrogens is 298 g/mol. The third-order valence-electron chi connectivity index (χ3n) is 4.18. The Kier molecular flexibility index (Phi) is 3.26. The van der Waals surface area contributed by atoms with Gasteiger partial charge in [-0.05, 0) is 37.8 Å². The van der Waals surface area contributed by atoms with Gasteiger partial charge in [0, 0.05) is 22.9 Å². The van der Waals surface area contributed by atoms with Crippen LogP contribution in [0.3, 0.4) is 0 Å². The van der Waals surface area contributed by atoms with Gasteiger partial charge in [0.2, 0.25) is 0 Å². The van der Waals surface area contributed by atoms with Crippen LogP contribution in [0.2, 0.25) is 5.15 Å². The summed E-state index contributed by atoms with van der Waals surface area (Å²) in [6.45, 7) is 0. The maximum atomic E-state index is 6.55. The maximum Gasteiger partial charge on any atom is 0.157 e. The molecule has 112 valence electrons. The van der Waals surface area contributed by atoms with E-state index >= 15 is 0 Å². The minimum atomic E-state index is 0.703. The van der Waals surface area contributed by atoms with E-state index in [-0.39, 0.29) is 0 Å². The van der Waals surface area contributed by atoms with Gasteiger partial charge in [0.15, 0.2) is 5.65 Å². The van der Waals surface area contributed by atoms with Gasteiger partial charge in [0.05, 0.1) is 12.8 Å². The van der Waals surface area contributed by atoms with Crippen LogP contribution in [0.4, 0.5) is 0 Å². The number of nitrogens with zero attached hydrogens (tertiary/aromatic N) is 3. The van der Waals surface area contributed by atoms with E-state index in [0.29, 0.717) is 5.15 Å². The second-order valence-corrected chi connectivity index (χ2v) is 5.92. The molecule has 1 aliphatic rings. The van der Waals surface area contributed by atoms with Crippen LogP contribution in [0, 0.1) is 0 Å². The molecule has 2 aromatic heterocycles. The molecule has 1 aliphatic carbocycles. The lowest BCUT2D eigenvalue weighted by atomic mass is 9.97. The summed E-state index contributed by atoms with van der Waals surface area (Å²) in [6, 6.07) is 9.84. The molecule has 3 aromatic rings. The fraction of sp³-hybridized carbons (Fsp3) is 0.294. The van der Waals surface area contributed by atoms with Crippen molar-refractivity contribution in [3.8, 4) is 17.0 Å². The molecule has 0 fully saturated rings. The number of halogens is 1. The minimum Gasteiger partial charge on any atom is -0.497 e. The molecule has 0 saturated heterocycles. The van der Waals surface area contributed by atoms with Gasteiger partial charge in [-0.2, -0.15) is 5.10 Å². The van der Waals surface area contributed by atoms with Crippen LogP contribution in [-0.2, 0) is 12.8 Å². The summed E-state index contributed by atoms with van der Waals surface area (Å²) in [6.07, 6.45) is 4.35. The van der Waals surface area contributed by atoms with Crippen molar-refractivity contribution in [1.29, 1.82) is 0 Å². The highest BCUT2D eigenvalue weighted by atomic mass is 35.5. The molecule has 0 aliphatic heterocycles. The van der Waals surface area contributed by atoms with Gasteiger partial charge < -0.3 is 4.74 Å². The lowest BCUT2D eigenvalue weighted by Crippen LogP contribution is -2.09. The zero-order valence-corrected chi connectivity index (χ0v) is 13.1. The van der Waals surface area contributed by atoms with Crippen LogP contribution in [0.15, 0.2) is 30.3 Å². The smallest absolute Gasteiger partial charge is 0.157 e. The highest BCUT2D eigenvalue weighted by Gasteiger charge is 2.19. The first-order valence-corrected chi connectivity index (χ1v) is 7.85. The fourth-order valence-electron chi connectivity index (χ4n) is 3.02. The topological polar surface area (TPSA) is 39.4 Å². The van der Waals surface area contributed by atoms with Gasteiger partial charge in [-0.15, -0.1) is 0 Å². The number of benzene rings is 1. The third kappa shape index (κ3) is 2.15. The van der Waals surface area contributed by atoms with Crippen molar-refractivity contribution < 1.29 is 4.74 Å². The van der Waals surface area contributed by atoms with Gasteiger partial charge in [0.1, 0.15) is 10.9 Å². The van der Waals surface area contributed by atoms with Crippen LogP contribution in [-0.4, -0.2) is 21.7 Å². The predicted molar refractivity (Wildman–Crippen MR) is 86.6 cm³/mol. The van der Waals surface area contributed by atoms with E-state index in [0.717, 1.165) is 46.8 Å². The lowest BCUT2D eigenvalue weighted by molar-refractivity contribution is 0.415. The molecule has 4 nitrogen and oxygen atoms in total. The molecule has 0 atom stereocenters. The van der Waals surface area contributed by atoms with Crippen LogP contribution in [0.1, 0.15) is 24.1 Å². The average molecular weight is 314 g/mol. The molecule has 0 spiro atoms. The molecule has 1 aromatic carbocycles. The zero-order valence-electron chi connectivity index (χ0n) is 12.3. The first-order chi connectivity index (χ1) is 10.8. The molecule has 0 bridgehead atoms. The Bertz CT molecular complexity index is 856. The molecule has 0 amide bonds. The van der Waals surface area contributed by atoms with Crippen molar-refractivity contribution in [3.63, 3.8) is 0 Å². The minimum absolute atomic E-state index is 0.703. The van der Waals surface area contributed by atoms with Gasteiger partial charge in [-0.25, -0.2) is 9.50 Å². The lowest BCUT2D eigenvalue weighted by Gasteiger charge is -2.16. The second-order valence-electron chi connectivity index (χ2n) is 5.57.